The topological polar surface area (TPSA) is 53.6 Å². The molecule has 0 spiro atoms. The second-order valence-corrected chi connectivity index (χ2v) is 6.40. The Hall–Kier alpha value is -1.22. The lowest BCUT2D eigenvalue weighted by molar-refractivity contribution is -0.137. The molecular formula is C17H24Cl2F3N3O2. The molecule has 0 aromatic heterocycles. The molecule has 0 bridgehead atoms. The molecule has 0 radical (unpaired) electrons. The number of amides is 1. The van der Waals surface area contributed by atoms with Crippen LogP contribution in [-0.2, 0) is 15.7 Å². The quantitative estimate of drug-likeness (QED) is 0.769. The number of hydrogen-bond acceptors (Lipinski definition) is 4. The van der Waals surface area contributed by atoms with Crippen molar-refractivity contribution in [3.8, 4) is 0 Å². The summed E-state index contributed by atoms with van der Waals surface area (Å²) in [5.41, 5.74) is 0.107. The lowest BCUT2D eigenvalue weighted by Gasteiger charge is -2.25. The summed E-state index contributed by atoms with van der Waals surface area (Å²) in [6, 6.07) is 3.43. The molecule has 5 nitrogen and oxygen atoms in total. The third-order valence-corrected chi connectivity index (χ3v) is 4.47. The smallest absolute Gasteiger partial charge is 0.378 e. The number of morpholine rings is 1. The predicted molar refractivity (Wildman–Crippen MR) is 103 cm³/mol. The Morgan fingerprint density at radius 1 is 1.26 bits per heavy atom. The molecule has 2 aliphatic heterocycles. The number of carbonyl (C=O) groups excluding carboxylic acids is 1. The average molecular weight is 430 g/mol. The largest absolute Gasteiger partial charge is 0.416 e. The number of benzene rings is 1. The van der Waals surface area contributed by atoms with Crippen LogP contribution in [0, 0.1) is 0 Å². The van der Waals surface area contributed by atoms with Gasteiger partial charge in [-0.25, -0.2) is 0 Å². The zero-order valence-corrected chi connectivity index (χ0v) is 16.3. The van der Waals surface area contributed by atoms with Crippen molar-refractivity contribution in [2.45, 2.75) is 31.5 Å². The fourth-order valence-electron chi connectivity index (χ4n) is 3.22. The van der Waals surface area contributed by atoms with Gasteiger partial charge in [-0.05, 0) is 31.0 Å². The first kappa shape index (κ1) is 23.8. The van der Waals surface area contributed by atoms with Crippen molar-refractivity contribution in [2.24, 2.45) is 0 Å². The van der Waals surface area contributed by atoms with Gasteiger partial charge in [-0.15, -0.1) is 24.8 Å². The minimum atomic E-state index is -4.44. The van der Waals surface area contributed by atoms with Gasteiger partial charge >= 0.3 is 6.18 Å². The number of nitrogens with zero attached hydrogens (tertiary/aromatic N) is 1. The van der Waals surface area contributed by atoms with Gasteiger partial charge in [-0.2, -0.15) is 13.2 Å². The maximum absolute atomic E-state index is 13.0. The van der Waals surface area contributed by atoms with Gasteiger partial charge in [0.15, 0.2) is 0 Å². The molecule has 154 valence electrons. The third-order valence-electron chi connectivity index (χ3n) is 4.47. The zero-order valence-electron chi connectivity index (χ0n) is 14.7. The average Bonchev–Trinajstić information content (AvgIpc) is 3.09. The van der Waals surface area contributed by atoms with Crippen molar-refractivity contribution in [3.63, 3.8) is 0 Å². The van der Waals surface area contributed by atoms with E-state index in [9.17, 15) is 18.0 Å². The number of alkyl halides is 3. The molecule has 2 saturated heterocycles. The Balaban J connectivity index is 0.00000182. The SMILES string of the molecule is Cl.Cl.O=C(CC1COCCN1)Nc1cc(C(F)(F)F)ccc1N1CCCC1. The molecule has 27 heavy (non-hydrogen) atoms. The first-order valence-corrected chi connectivity index (χ1v) is 8.50. The Bertz CT molecular complexity index is 620. The summed E-state index contributed by atoms with van der Waals surface area (Å²) in [6.07, 6.45) is -2.28. The van der Waals surface area contributed by atoms with Gasteiger partial charge in [0, 0.05) is 32.1 Å². The molecule has 0 aliphatic carbocycles. The molecular weight excluding hydrogens is 406 g/mol. The number of nitrogens with one attached hydrogen (secondary N) is 2. The summed E-state index contributed by atoms with van der Waals surface area (Å²) in [5.74, 6) is -0.317. The third kappa shape index (κ3) is 6.41. The van der Waals surface area contributed by atoms with Gasteiger partial charge in [-0.1, -0.05) is 0 Å². The van der Waals surface area contributed by atoms with Crippen molar-refractivity contribution in [1.29, 1.82) is 0 Å². The van der Waals surface area contributed by atoms with Crippen LogP contribution >= 0.6 is 24.8 Å². The summed E-state index contributed by atoms with van der Waals surface area (Å²) >= 11 is 0. The Kier molecular flexibility index (Phi) is 9.14. The minimum Gasteiger partial charge on any atom is -0.378 e. The molecule has 1 aromatic carbocycles. The number of halogens is 5. The van der Waals surface area contributed by atoms with E-state index < -0.39 is 11.7 Å². The van der Waals surface area contributed by atoms with E-state index in [0.29, 0.717) is 25.4 Å². The monoisotopic (exact) mass is 429 g/mol. The highest BCUT2D eigenvalue weighted by atomic mass is 35.5. The highest BCUT2D eigenvalue weighted by Gasteiger charge is 2.32. The molecule has 1 amide bonds. The molecule has 2 heterocycles. The molecule has 1 aromatic rings. The molecule has 1 atom stereocenters. The fraction of sp³-hybridized carbons (Fsp3) is 0.588. The molecule has 3 rings (SSSR count). The standard InChI is InChI=1S/C17H22F3N3O2.2ClH/c18-17(19,20)12-3-4-15(23-6-1-2-7-23)14(9-12)22-16(24)10-13-11-25-8-5-21-13;;/h3-4,9,13,21H,1-2,5-8,10-11H2,(H,22,24);2*1H. The van der Waals surface area contributed by atoms with Crippen LogP contribution in [0.15, 0.2) is 18.2 Å². The number of anilines is 2. The van der Waals surface area contributed by atoms with E-state index in [-0.39, 0.29) is 48.9 Å². The summed E-state index contributed by atoms with van der Waals surface area (Å²) in [5, 5.41) is 5.84. The van der Waals surface area contributed by atoms with Crippen LogP contribution in [0.2, 0.25) is 0 Å². The van der Waals surface area contributed by atoms with E-state index >= 15 is 0 Å². The van der Waals surface area contributed by atoms with Crippen molar-refractivity contribution >= 4 is 42.1 Å². The van der Waals surface area contributed by atoms with Gasteiger partial charge in [0.2, 0.25) is 5.91 Å². The maximum Gasteiger partial charge on any atom is 0.416 e. The zero-order chi connectivity index (χ0) is 17.9. The number of ether oxygens (including phenoxy) is 1. The molecule has 1 unspecified atom stereocenters. The van der Waals surface area contributed by atoms with Gasteiger partial charge in [0.1, 0.15) is 0 Å². The second-order valence-electron chi connectivity index (χ2n) is 6.40. The number of hydrogen-bond donors (Lipinski definition) is 2. The number of rotatable bonds is 4. The van der Waals surface area contributed by atoms with Crippen molar-refractivity contribution in [1.82, 2.24) is 5.32 Å². The first-order chi connectivity index (χ1) is 11.9. The summed E-state index contributed by atoms with van der Waals surface area (Å²) in [7, 11) is 0. The minimum absolute atomic E-state index is 0. The fourth-order valence-corrected chi connectivity index (χ4v) is 3.22. The normalized spacial score (nSPS) is 19.8. The van der Waals surface area contributed by atoms with Gasteiger partial charge in [0.25, 0.3) is 0 Å². The second kappa shape index (κ2) is 10.4. The summed E-state index contributed by atoms with van der Waals surface area (Å²) in [6.45, 7) is 3.26. The molecule has 10 heteroatoms. The van der Waals surface area contributed by atoms with Crippen molar-refractivity contribution < 1.29 is 22.7 Å². The van der Waals surface area contributed by atoms with Crippen LogP contribution in [0.25, 0.3) is 0 Å². The maximum atomic E-state index is 13.0. The predicted octanol–water partition coefficient (Wildman–Crippen LogP) is 3.47. The lowest BCUT2D eigenvalue weighted by Crippen LogP contribution is -2.43. The van der Waals surface area contributed by atoms with Crippen LogP contribution in [0.5, 0.6) is 0 Å². The summed E-state index contributed by atoms with van der Waals surface area (Å²) in [4.78, 5) is 14.3. The molecule has 2 N–H and O–H groups in total. The van der Waals surface area contributed by atoms with E-state index in [2.05, 4.69) is 10.6 Å². The van der Waals surface area contributed by atoms with Crippen molar-refractivity contribution in [2.75, 3.05) is 43.1 Å². The van der Waals surface area contributed by atoms with Crippen LogP contribution in [0.1, 0.15) is 24.8 Å². The number of carbonyl (C=O) groups is 1. The first-order valence-electron chi connectivity index (χ1n) is 8.50. The Labute approximate surface area is 168 Å². The van der Waals surface area contributed by atoms with Crippen LogP contribution in [-0.4, -0.2) is 44.8 Å². The Morgan fingerprint density at radius 2 is 1.96 bits per heavy atom. The van der Waals surface area contributed by atoms with E-state index in [0.717, 1.165) is 38.1 Å². The highest BCUT2D eigenvalue weighted by molar-refractivity contribution is 5.95. The summed E-state index contributed by atoms with van der Waals surface area (Å²) < 4.78 is 44.4. The Morgan fingerprint density at radius 3 is 2.56 bits per heavy atom. The van der Waals surface area contributed by atoms with E-state index in [1.165, 1.54) is 6.07 Å². The van der Waals surface area contributed by atoms with Gasteiger partial charge in [0.05, 0.1) is 30.2 Å². The van der Waals surface area contributed by atoms with Crippen LogP contribution < -0.4 is 15.5 Å². The van der Waals surface area contributed by atoms with Crippen molar-refractivity contribution in [3.05, 3.63) is 23.8 Å². The van der Waals surface area contributed by atoms with E-state index in [1.807, 2.05) is 4.90 Å². The van der Waals surface area contributed by atoms with Gasteiger partial charge in [-0.3, -0.25) is 4.79 Å². The van der Waals surface area contributed by atoms with E-state index in [1.54, 1.807) is 0 Å². The lowest BCUT2D eigenvalue weighted by atomic mass is 10.1. The molecule has 2 fully saturated rings. The van der Waals surface area contributed by atoms with Gasteiger partial charge < -0.3 is 20.3 Å². The molecule has 0 saturated carbocycles. The van der Waals surface area contributed by atoms with E-state index in [4.69, 9.17) is 4.74 Å². The highest BCUT2D eigenvalue weighted by Crippen LogP contribution is 2.36. The van der Waals surface area contributed by atoms with Crippen LogP contribution in [0.3, 0.4) is 0 Å². The van der Waals surface area contributed by atoms with Crippen LogP contribution in [0.4, 0.5) is 24.5 Å². The molecule has 2 aliphatic rings.